The van der Waals surface area contributed by atoms with Crippen molar-refractivity contribution in [2.45, 2.75) is 12.8 Å². The molecule has 1 aromatic carbocycles. The molecule has 2 aliphatic rings. The van der Waals surface area contributed by atoms with Crippen molar-refractivity contribution in [3.8, 4) is 17.3 Å². The molecule has 0 aliphatic carbocycles. The molecule has 5 rings (SSSR count). The van der Waals surface area contributed by atoms with E-state index in [9.17, 15) is 5.11 Å². The molecule has 32 heavy (non-hydrogen) atoms. The lowest BCUT2D eigenvalue weighted by Gasteiger charge is -2.33. The average molecular weight is 435 g/mol. The number of aromatic nitrogens is 4. The Bertz CT molecular complexity index is 1060. The normalized spacial score (nSPS) is 17.8. The number of likely N-dealkylation sites (N-methyl/N-ethyl adjacent to an activating group) is 1. The van der Waals surface area contributed by atoms with Crippen LogP contribution < -0.4 is 10.2 Å². The molecule has 9 nitrogen and oxygen atoms in total. The molecule has 0 spiro atoms. The van der Waals surface area contributed by atoms with E-state index in [1.807, 2.05) is 30.3 Å². The number of nitrogens with zero attached hydrogens (tertiary/aromatic N) is 7. The van der Waals surface area contributed by atoms with Crippen LogP contribution in [-0.2, 0) is 0 Å². The number of rotatable bonds is 6. The van der Waals surface area contributed by atoms with Gasteiger partial charge in [0.05, 0.1) is 0 Å². The fourth-order valence-corrected chi connectivity index (χ4v) is 4.34. The lowest BCUT2D eigenvalue weighted by molar-refractivity contribution is 0.310. The van der Waals surface area contributed by atoms with Crippen molar-refractivity contribution in [1.29, 1.82) is 0 Å². The second-order valence-electron chi connectivity index (χ2n) is 8.57. The third-order valence-electron chi connectivity index (χ3n) is 6.25. The first kappa shape index (κ1) is 20.8. The third kappa shape index (κ3) is 4.44. The maximum atomic E-state index is 10.7. The highest BCUT2D eigenvalue weighted by Crippen LogP contribution is 2.30. The molecule has 4 heterocycles. The first-order chi connectivity index (χ1) is 15.7. The van der Waals surface area contributed by atoms with E-state index in [4.69, 9.17) is 15.0 Å². The van der Waals surface area contributed by atoms with Crippen molar-refractivity contribution in [2.24, 2.45) is 0 Å². The van der Waals surface area contributed by atoms with Gasteiger partial charge in [0.25, 0.3) is 5.88 Å². The van der Waals surface area contributed by atoms with E-state index in [0.717, 1.165) is 57.9 Å². The quantitative estimate of drug-likeness (QED) is 0.604. The maximum absolute atomic E-state index is 10.7. The van der Waals surface area contributed by atoms with E-state index < -0.39 is 0 Å². The molecule has 9 heteroatoms. The minimum Gasteiger partial charge on any atom is -0.491 e. The first-order valence-corrected chi connectivity index (χ1v) is 11.4. The summed E-state index contributed by atoms with van der Waals surface area (Å²) in [6.07, 6.45) is 2.53. The summed E-state index contributed by atoms with van der Waals surface area (Å²) >= 11 is 0. The smallest absolute Gasteiger partial charge is 0.256 e. The lowest BCUT2D eigenvalue weighted by Crippen LogP contribution is -2.44. The zero-order valence-corrected chi connectivity index (χ0v) is 18.5. The van der Waals surface area contributed by atoms with E-state index in [0.29, 0.717) is 28.6 Å². The van der Waals surface area contributed by atoms with Crippen LogP contribution in [0.5, 0.6) is 5.88 Å². The molecule has 2 N–H and O–H groups in total. The lowest BCUT2D eigenvalue weighted by atomic mass is 10.2. The molecule has 0 amide bonds. The van der Waals surface area contributed by atoms with Gasteiger partial charge in [0.2, 0.25) is 0 Å². The van der Waals surface area contributed by atoms with Crippen molar-refractivity contribution in [2.75, 3.05) is 69.6 Å². The third-order valence-corrected chi connectivity index (χ3v) is 6.25. The van der Waals surface area contributed by atoms with Crippen LogP contribution in [-0.4, -0.2) is 94.2 Å². The van der Waals surface area contributed by atoms with Crippen LogP contribution in [0, 0.1) is 0 Å². The van der Waals surface area contributed by atoms with Crippen LogP contribution in [0.2, 0.25) is 0 Å². The van der Waals surface area contributed by atoms with Crippen LogP contribution in [0.15, 0.2) is 30.3 Å². The van der Waals surface area contributed by atoms with Gasteiger partial charge in [0, 0.05) is 44.8 Å². The van der Waals surface area contributed by atoms with Gasteiger partial charge < -0.3 is 25.1 Å². The highest BCUT2D eigenvalue weighted by Gasteiger charge is 2.22. The number of hydrogen-bond acceptors (Lipinski definition) is 9. The largest absolute Gasteiger partial charge is 0.491 e. The molecular formula is C23H30N8O. The van der Waals surface area contributed by atoms with Crippen LogP contribution in [0.25, 0.3) is 22.6 Å². The summed E-state index contributed by atoms with van der Waals surface area (Å²) in [6.45, 7) is 7.42. The molecular weight excluding hydrogens is 404 g/mol. The minimum absolute atomic E-state index is 0.0688. The van der Waals surface area contributed by atoms with Crippen LogP contribution in [0.3, 0.4) is 0 Å². The van der Waals surface area contributed by atoms with Gasteiger partial charge >= 0.3 is 0 Å². The topological polar surface area (TPSA) is 93.5 Å². The molecule has 2 aliphatic heterocycles. The van der Waals surface area contributed by atoms with E-state index in [1.165, 1.54) is 12.8 Å². The second kappa shape index (κ2) is 9.22. The fraction of sp³-hybridized carbons (Fsp3) is 0.478. The van der Waals surface area contributed by atoms with E-state index in [-0.39, 0.29) is 5.88 Å². The SMILES string of the molecule is CN1CCN(c2nc3nc(-c4ccccc4)nc(NCCN4CCCC4)c3nc2O)CC1. The van der Waals surface area contributed by atoms with Gasteiger partial charge in [-0.05, 0) is 33.0 Å². The van der Waals surface area contributed by atoms with Crippen molar-refractivity contribution in [3.63, 3.8) is 0 Å². The zero-order chi connectivity index (χ0) is 21.9. The number of hydrogen-bond donors (Lipinski definition) is 2. The number of nitrogens with one attached hydrogen (secondary N) is 1. The van der Waals surface area contributed by atoms with Gasteiger partial charge in [-0.1, -0.05) is 30.3 Å². The molecule has 2 aromatic heterocycles. The summed E-state index contributed by atoms with van der Waals surface area (Å²) in [7, 11) is 2.10. The predicted octanol–water partition coefficient (Wildman–Crippen LogP) is 2.05. The van der Waals surface area contributed by atoms with Crippen molar-refractivity contribution in [1.82, 2.24) is 29.7 Å². The van der Waals surface area contributed by atoms with Gasteiger partial charge in [-0.2, -0.15) is 0 Å². The fourth-order valence-electron chi connectivity index (χ4n) is 4.34. The number of anilines is 2. The second-order valence-corrected chi connectivity index (χ2v) is 8.57. The highest BCUT2D eigenvalue weighted by molar-refractivity contribution is 5.86. The first-order valence-electron chi connectivity index (χ1n) is 11.4. The van der Waals surface area contributed by atoms with Gasteiger partial charge in [-0.25, -0.2) is 19.9 Å². The summed E-state index contributed by atoms with van der Waals surface area (Å²) in [5.41, 5.74) is 1.92. The summed E-state index contributed by atoms with van der Waals surface area (Å²) in [5.74, 6) is 1.64. The number of aromatic hydroxyl groups is 1. The predicted molar refractivity (Wildman–Crippen MR) is 126 cm³/mol. The molecule has 0 atom stereocenters. The Morgan fingerprint density at radius 1 is 0.906 bits per heavy atom. The standard InChI is InChI=1S/C23H30N8O/c1-29-13-15-31(16-14-29)22-23(32)25-18-20(24-9-12-30-10-5-6-11-30)26-19(27-21(18)28-22)17-7-3-2-4-8-17/h2-4,7-8H,5-6,9-16H2,1H3,(H,25,32)(H,24,26,27,28). The Hall–Kier alpha value is -3.04. The molecule has 0 saturated carbocycles. The Labute approximate surface area is 188 Å². The molecule has 3 aromatic rings. The van der Waals surface area contributed by atoms with Gasteiger partial charge in [0.15, 0.2) is 28.6 Å². The van der Waals surface area contributed by atoms with Gasteiger partial charge in [-0.15, -0.1) is 0 Å². The molecule has 2 saturated heterocycles. The monoisotopic (exact) mass is 434 g/mol. The van der Waals surface area contributed by atoms with E-state index >= 15 is 0 Å². The number of piperazine rings is 1. The Kier molecular flexibility index (Phi) is 6.00. The summed E-state index contributed by atoms with van der Waals surface area (Å²) in [4.78, 5) is 25.5. The molecule has 168 valence electrons. The van der Waals surface area contributed by atoms with Gasteiger partial charge in [-0.3, -0.25) is 0 Å². The number of fused-ring (bicyclic) bond motifs is 1. The van der Waals surface area contributed by atoms with Crippen molar-refractivity contribution in [3.05, 3.63) is 30.3 Å². The van der Waals surface area contributed by atoms with Crippen LogP contribution in [0.4, 0.5) is 11.6 Å². The maximum Gasteiger partial charge on any atom is 0.256 e. The molecule has 2 fully saturated rings. The average Bonchev–Trinajstić information content (AvgIpc) is 3.34. The molecule has 0 unspecified atom stereocenters. The van der Waals surface area contributed by atoms with Crippen molar-refractivity contribution >= 4 is 22.8 Å². The minimum atomic E-state index is -0.0688. The summed E-state index contributed by atoms with van der Waals surface area (Å²) in [6, 6.07) is 9.90. The van der Waals surface area contributed by atoms with Crippen LogP contribution >= 0.6 is 0 Å². The Balaban J connectivity index is 1.50. The molecule has 0 radical (unpaired) electrons. The summed E-state index contributed by atoms with van der Waals surface area (Å²) in [5, 5.41) is 14.1. The van der Waals surface area contributed by atoms with Gasteiger partial charge in [0.1, 0.15) is 0 Å². The van der Waals surface area contributed by atoms with E-state index in [1.54, 1.807) is 0 Å². The van der Waals surface area contributed by atoms with E-state index in [2.05, 4.69) is 32.0 Å². The number of likely N-dealkylation sites (tertiary alicyclic amines) is 1. The van der Waals surface area contributed by atoms with Crippen LogP contribution in [0.1, 0.15) is 12.8 Å². The Morgan fingerprint density at radius 2 is 1.66 bits per heavy atom. The Morgan fingerprint density at radius 3 is 2.41 bits per heavy atom. The van der Waals surface area contributed by atoms with Crippen molar-refractivity contribution < 1.29 is 5.11 Å². The molecule has 0 bridgehead atoms. The number of benzene rings is 1. The summed E-state index contributed by atoms with van der Waals surface area (Å²) < 4.78 is 0. The highest BCUT2D eigenvalue weighted by atomic mass is 16.3. The zero-order valence-electron chi connectivity index (χ0n) is 18.5.